The molecule has 0 radical (unpaired) electrons. The number of aromatic carboxylic acids is 1. The first-order valence-electron chi connectivity index (χ1n) is 8.73. The average Bonchev–Trinajstić information content (AvgIpc) is 2.95. The average molecular weight is 391 g/mol. The number of aryl methyl sites for hydroxylation is 1. The lowest BCUT2D eigenvalue weighted by atomic mass is 10.0. The summed E-state index contributed by atoms with van der Waals surface area (Å²) in [5, 5.41) is 19.4. The lowest BCUT2D eigenvalue weighted by Crippen LogP contribution is -2.01. The molecule has 1 aromatic heterocycles. The summed E-state index contributed by atoms with van der Waals surface area (Å²) in [6.07, 6.45) is 1.83. The van der Waals surface area contributed by atoms with Crippen LogP contribution in [0.4, 0.5) is 0 Å². The third-order valence-corrected chi connectivity index (χ3v) is 5.22. The fourth-order valence-corrected chi connectivity index (χ4v) is 3.44. The molecule has 1 heterocycles. The molecular formula is C23H19ClN2O2. The van der Waals surface area contributed by atoms with Crippen LogP contribution in [0.25, 0.3) is 17.3 Å². The largest absolute Gasteiger partial charge is 0.478 e. The molecule has 1 N–H and O–H groups in total. The highest BCUT2D eigenvalue weighted by Crippen LogP contribution is 2.29. The highest BCUT2D eigenvalue weighted by Gasteiger charge is 2.13. The van der Waals surface area contributed by atoms with Crippen molar-refractivity contribution >= 4 is 29.2 Å². The predicted molar refractivity (Wildman–Crippen MR) is 112 cm³/mol. The molecule has 2 aromatic carbocycles. The smallest absolute Gasteiger partial charge is 0.335 e. The van der Waals surface area contributed by atoms with Gasteiger partial charge in [-0.05, 0) is 73.9 Å². The topological polar surface area (TPSA) is 66.0 Å². The maximum atomic E-state index is 11.0. The molecule has 0 unspecified atom stereocenters. The van der Waals surface area contributed by atoms with Crippen molar-refractivity contribution in [3.8, 4) is 11.8 Å². The fraction of sp³-hybridized carbons (Fsp3) is 0.130. The molecule has 0 aliphatic carbocycles. The zero-order chi connectivity index (χ0) is 20.4. The zero-order valence-electron chi connectivity index (χ0n) is 15.8. The molecule has 0 aliphatic heterocycles. The summed E-state index contributed by atoms with van der Waals surface area (Å²) < 4.78 is 2.12. The minimum Gasteiger partial charge on any atom is -0.478 e. The van der Waals surface area contributed by atoms with E-state index in [9.17, 15) is 10.1 Å². The van der Waals surface area contributed by atoms with Gasteiger partial charge in [0.1, 0.15) is 0 Å². The summed E-state index contributed by atoms with van der Waals surface area (Å²) in [5.74, 6) is -0.991. The first kappa shape index (κ1) is 19.5. The minimum absolute atomic E-state index is 0.190. The van der Waals surface area contributed by atoms with Crippen molar-refractivity contribution < 1.29 is 9.90 Å². The van der Waals surface area contributed by atoms with Crippen LogP contribution >= 0.6 is 11.6 Å². The number of nitrogens with zero attached hydrogens (tertiary/aromatic N) is 2. The lowest BCUT2D eigenvalue weighted by molar-refractivity contribution is 0.0697. The molecule has 5 heteroatoms. The van der Waals surface area contributed by atoms with Crippen LogP contribution in [0.5, 0.6) is 0 Å². The van der Waals surface area contributed by atoms with E-state index in [1.54, 1.807) is 12.1 Å². The standard InChI is InChI=1S/C23H19ClN2O2/c1-14-11-19(16(3)26(14)22-6-4-5-21(24)15(22)2)12-20(13-25)17-7-9-18(10-8-17)23(27)28/h4-12H,1-3H3,(H,27,28)/b20-12-. The quantitative estimate of drug-likeness (QED) is 0.571. The summed E-state index contributed by atoms with van der Waals surface area (Å²) >= 11 is 6.29. The molecule has 0 aliphatic rings. The maximum absolute atomic E-state index is 11.0. The van der Waals surface area contributed by atoms with Gasteiger partial charge in [-0.1, -0.05) is 29.8 Å². The van der Waals surface area contributed by atoms with E-state index >= 15 is 0 Å². The first-order valence-corrected chi connectivity index (χ1v) is 9.11. The van der Waals surface area contributed by atoms with E-state index in [0.717, 1.165) is 28.2 Å². The van der Waals surface area contributed by atoms with E-state index in [1.165, 1.54) is 12.1 Å². The van der Waals surface area contributed by atoms with E-state index in [1.807, 2.05) is 51.1 Å². The predicted octanol–water partition coefficient (Wildman–Crippen LogP) is 5.82. The Hall–Kier alpha value is -3.29. The monoisotopic (exact) mass is 390 g/mol. The molecule has 0 bridgehead atoms. The van der Waals surface area contributed by atoms with Gasteiger partial charge in [0.15, 0.2) is 0 Å². The summed E-state index contributed by atoms with van der Waals surface area (Å²) in [6.45, 7) is 6.00. The molecule has 4 nitrogen and oxygen atoms in total. The van der Waals surface area contributed by atoms with Crippen molar-refractivity contribution in [3.05, 3.63) is 87.2 Å². The van der Waals surface area contributed by atoms with Gasteiger partial charge in [-0.15, -0.1) is 0 Å². The van der Waals surface area contributed by atoms with E-state index in [4.69, 9.17) is 16.7 Å². The Bertz CT molecular complexity index is 1130. The molecule has 0 atom stereocenters. The molecule has 0 saturated carbocycles. The van der Waals surface area contributed by atoms with Gasteiger partial charge < -0.3 is 9.67 Å². The summed E-state index contributed by atoms with van der Waals surface area (Å²) in [6, 6.07) is 16.4. The van der Waals surface area contributed by atoms with E-state index in [0.29, 0.717) is 16.2 Å². The van der Waals surface area contributed by atoms with Crippen LogP contribution in [-0.4, -0.2) is 15.6 Å². The van der Waals surface area contributed by atoms with Crippen molar-refractivity contribution in [3.63, 3.8) is 0 Å². The van der Waals surface area contributed by atoms with Crippen molar-refractivity contribution in [2.24, 2.45) is 0 Å². The normalized spacial score (nSPS) is 11.3. The number of benzene rings is 2. The second-order valence-corrected chi connectivity index (χ2v) is 7.01. The van der Waals surface area contributed by atoms with Crippen LogP contribution < -0.4 is 0 Å². The molecular weight excluding hydrogens is 372 g/mol. The molecule has 140 valence electrons. The Labute approximate surface area is 168 Å². The fourth-order valence-electron chi connectivity index (χ4n) is 3.27. The third-order valence-electron chi connectivity index (χ3n) is 4.81. The number of carbonyl (C=O) groups is 1. The van der Waals surface area contributed by atoms with Crippen LogP contribution in [0, 0.1) is 32.1 Å². The van der Waals surface area contributed by atoms with E-state index < -0.39 is 5.97 Å². The van der Waals surface area contributed by atoms with Gasteiger partial charge in [0.05, 0.1) is 17.2 Å². The number of rotatable bonds is 4. The number of hydrogen-bond donors (Lipinski definition) is 1. The second kappa shape index (κ2) is 7.75. The van der Waals surface area contributed by atoms with Gasteiger partial charge in [0.25, 0.3) is 0 Å². The number of hydrogen-bond acceptors (Lipinski definition) is 2. The van der Waals surface area contributed by atoms with Crippen molar-refractivity contribution in [2.75, 3.05) is 0 Å². The lowest BCUT2D eigenvalue weighted by Gasteiger charge is -2.13. The summed E-state index contributed by atoms with van der Waals surface area (Å²) in [5.41, 5.74) is 6.30. The van der Waals surface area contributed by atoms with Crippen LogP contribution in [0.1, 0.15) is 38.4 Å². The molecule has 0 spiro atoms. The number of aromatic nitrogens is 1. The van der Waals surface area contributed by atoms with Crippen molar-refractivity contribution in [1.82, 2.24) is 4.57 Å². The highest BCUT2D eigenvalue weighted by molar-refractivity contribution is 6.31. The molecule has 3 aromatic rings. The summed E-state index contributed by atoms with van der Waals surface area (Å²) in [4.78, 5) is 11.0. The highest BCUT2D eigenvalue weighted by atomic mass is 35.5. The number of allylic oxidation sites excluding steroid dienone is 1. The van der Waals surface area contributed by atoms with Gasteiger partial charge in [-0.25, -0.2) is 4.79 Å². The van der Waals surface area contributed by atoms with Crippen LogP contribution in [-0.2, 0) is 0 Å². The third kappa shape index (κ3) is 3.58. The summed E-state index contributed by atoms with van der Waals surface area (Å²) in [7, 11) is 0. The van der Waals surface area contributed by atoms with Gasteiger partial charge in [-0.2, -0.15) is 5.26 Å². The molecule has 28 heavy (non-hydrogen) atoms. The van der Waals surface area contributed by atoms with Crippen LogP contribution in [0.2, 0.25) is 5.02 Å². The molecule has 3 rings (SSSR count). The number of nitriles is 1. The Morgan fingerprint density at radius 3 is 2.36 bits per heavy atom. The van der Waals surface area contributed by atoms with E-state index in [-0.39, 0.29) is 5.56 Å². The second-order valence-electron chi connectivity index (χ2n) is 6.60. The first-order chi connectivity index (χ1) is 13.3. The van der Waals surface area contributed by atoms with Gasteiger partial charge >= 0.3 is 5.97 Å². The van der Waals surface area contributed by atoms with Crippen LogP contribution in [0.15, 0.2) is 48.5 Å². The van der Waals surface area contributed by atoms with Gasteiger partial charge in [-0.3, -0.25) is 0 Å². The number of halogens is 1. The molecule has 0 saturated heterocycles. The zero-order valence-corrected chi connectivity index (χ0v) is 16.6. The van der Waals surface area contributed by atoms with Crippen molar-refractivity contribution in [1.29, 1.82) is 5.26 Å². The van der Waals surface area contributed by atoms with E-state index in [2.05, 4.69) is 10.6 Å². The minimum atomic E-state index is -0.991. The van der Waals surface area contributed by atoms with Crippen LogP contribution in [0.3, 0.4) is 0 Å². The van der Waals surface area contributed by atoms with Gasteiger partial charge in [0.2, 0.25) is 0 Å². The van der Waals surface area contributed by atoms with Gasteiger partial charge in [0, 0.05) is 22.1 Å². The Morgan fingerprint density at radius 2 is 1.75 bits per heavy atom. The Kier molecular flexibility index (Phi) is 5.39. The molecule has 0 fully saturated rings. The maximum Gasteiger partial charge on any atom is 0.335 e. The molecule has 0 amide bonds. The SMILES string of the molecule is Cc1c(Cl)cccc1-n1c(C)cc(/C=C(/C#N)c2ccc(C(=O)O)cc2)c1C. The number of carboxylic acid groups (broad SMARTS) is 1. The number of carboxylic acids is 1. The Morgan fingerprint density at radius 1 is 1.11 bits per heavy atom. The van der Waals surface area contributed by atoms with Crippen molar-refractivity contribution in [2.45, 2.75) is 20.8 Å². The Balaban J connectivity index is 2.08.